The van der Waals surface area contributed by atoms with E-state index < -0.39 is 29.2 Å². The molecular formula is C36H28FNO5. The lowest BCUT2D eigenvalue weighted by molar-refractivity contribution is 0.0664. The zero-order chi connectivity index (χ0) is 30.0. The maximum atomic E-state index is 14.8. The summed E-state index contributed by atoms with van der Waals surface area (Å²) < 4.78 is 26.0. The number of carbonyl (C=O) groups excluding carboxylic acids is 3. The number of fused-ring (bicyclic) bond motifs is 5. The Hall–Kier alpha value is -5.04. The highest BCUT2D eigenvalue weighted by atomic mass is 19.1. The van der Waals surface area contributed by atoms with E-state index in [-0.39, 0.29) is 17.3 Å². The number of para-hydroxylation sites is 1. The molecule has 0 aromatic heterocycles. The number of Topliss-reactive ketones (excluding diaryl/α,β-unsaturated/α-hetero) is 3. The van der Waals surface area contributed by atoms with Gasteiger partial charge in [0.2, 0.25) is 0 Å². The van der Waals surface area contributed by atoms with Crippen LogP contribution < -0.4 is 14.4 Å². The second-order valence-electron chi connectivity index (χ2n) is 11.2. The normalized spacial score (nSPS) is 21.0. The average Bonchev–Trinajstić information content (AvgIpc) is 3.46. The lowest BCUT2D eigenvalue weighted by Gasteiger charge is -2.37. The number of hydrogen-bond acceptors (Lipinski definition) is 6. The van der Waals surface area contributed by atoms with Crippen LogP contribution in [0.5, 0.6) is 11.5 Å². The Labute approximate surface area is 248 Å². The summed E-state index contributed by atoms with van der Waals surface area (Å²) in [6.45, 7) is 1.94. The quantitative estimate of drug-likeness (QED) is 0.201. The van der Waals surface area contributed by atoms with Gasteiger partial charge in [-0.3, -0.25) is 14.4 Å². The third-order valence-electron chi connectivity index (χ3n) is 9.14. The minimum absolute atomic E-state index is 0.265. The van der Waals surface area contributed by atoms with Crippen molar-refractivity contribution in [1.82, 2.24) is 0 Å². The van der Waals surface area contributed by atoms with Crippen molar-refractivity contribution in [2.45, 2.75) is 24.9 Å². The molecule has 7 heteroatoms. The van der Waals surface area contributed by atoms with Crippen molar-refractivity contribution >= 4 is 29.1 Å². The van der Waals surface area contributed by atoms with Crippen LogP contribution in [-0.4, -0.2) is 43.7 Å². The molecule has 4 aromatic carbocycles. The first-order valence-corrected chi connectivity index (χ1v) is 14.1. The average molecular weight is 574 g/mol. The summed E-state index contributed by atoms with van der Waals surface area (Å²) in [7, 11) is 3.01. The van der Waals surface area contributed by atoms with E-state index in [1.807, 2.05) is 24.0 Å². The third kappa shape index (κ3) is 3.60. The fraction of sp³-hybridized carbons (Fsp3) is 0.194. The largest absolute Gasteiger partial charge is 0.493 e. The summed E-state index contributed by atoms with van der Waals surface area (Å²) in [4.78, 5) is 46.3. The molecule has 1 spiro atoms. The number of nitrogens with zero attached hydrogens (tertiary/aromatic N) is 1. The van der Waals surface area contributed by atoms with Gasteiger partial charge in [0.25, 0.3) is 0 Å². The minimum Gasteiger partial charge on any atom is -0.493 e. The maximum absolute atomic E-state index is 14.8. The molecule has 0 bridgehead atoms. The number of anilines is 1. The Morgan fingerprint density at radius 2 is 1.56 bits per heavy atom. The SMILES string of the molecule is COc1cccc([C@@H]2[C@H](C(=O)c3ccc(C)cc3)N3c4ccc(F)cc4C=C[C@@H]3C23C(=O)c2ccccc2C3=O)c1OC. The van der Waals surface area contributed by atoms with Crippen molar-refractivity contribution in [3.05, 3.63) is 130 Å². The van der Waals surface area contributed by atoms with Crippen molar-refractivity contribution in [3.8, 4) is 11.5 Å². The monoisotopic (exact) mass is 573 g/mol. The summed E-state index contributed by atoms with van der Waals surface area (Å²) in [6, 6.07) is 21.8. The Morgan fingerprint density at radius 1 is 0.860 bits per heavy atom. The molecule has 3 aliphatic rings. The molecule has 43 heavy (non-hydrogen) atoms. The maximum Gasteiger partial charge on any atom is 0.185 e. The van der Waals surface area contributed by atoms with E-state index in [2.05, 4.69) is 0 Å². The van der Waals surface area contributed by atoms with Crippen LogP contribution in [0.15, 0.2) is 91.0 Å². The highest BCUT2D eigenvalue weighted by Crippen LogP contribution is 2.62. The first kappa shape index (κ1) is 26.8. The van der Waals surface area contributed by atoms with Gasteiger partial charge in [-0.2, -0.15) is 0 Å². The van der Waals surface area contributed by atoms with Gasteiger partial charge in [0.1, 0.15) is 17.3 Å². The van der Waals surface area contributed by atoms with Crippen molar-refractivity contribution in [1.29, 1.82) is 0 Å². The smallest absolute Gasteiger partial charge is 0.185 e. The van der Waals surface area contributed by atoms with Gasteiger partial charge in [-0.15, -0.1) is 0 Å². The molecule has 1 aliphatic carbocycles. The van der Waals surface area contributed by atoms with Crippen LogP contribution in [0.3, 0.4) is 0 Å². The number of rotatable bonds is 5. The number of methoxy groups -OCH3 is 2. The molecule has 0 saturated carbocycles. The zero-order valence-electron chi connectivity index (χ0n) is 23.8. The molecule has 3 atom stereocenters. The van der Waals surface area contributed by atoms with E-state index in [1.54, 1.807) is 72.8 Å². The number of carbonyl (C=O) groups is 3. The minimum atomic E-state index is -1.71. The van der Waals surface area contributed by atoms with Gasteiger partial charge in [0.05, 0.1) is 20.3 Å². The van der Waals surface area contributed by atoms with Gasteiger partial charge in [0, 0.05) is 39.4 Å². The van der Waals surface area contributed by atoms with Gasteiger partial charge in [-0.1, -0.05) is 78.4 Å². The fourth-order valence-electron chi connectivity index (χ4n) is 7.34. The number of ether oxygens (including phenoxy) is 2. The van der Waals surface area contributed by atoms with E-state index in [0.29, 0.717) is 45.0 Å². The first-order chi connectivity index (χ1) is 20.8. The molecule has 1 fully saturated rings. The third-order valence-corrected chi connectivity index (χ3v) is 9.14. The molecule has 6 nitrogen and oxygen atoms in total. The summed E-state index contributed by atoms with van der Waals surface area (Å²) in [5.74, 6) is -1.63. The predicted molar refractivity (Wildman–Crippen MR) is 161 cm³/mol. The van der Waals surface area contributed by atoms with Crippen molar-refractivity contribution in [2.75, 3.05) is 19.1 Å². The molecule has 0 N–H and O–H groups in total. The second-order valence-corrected chi connectivity index (χ2v) is 11.2. The van der Waals surface area contributed by atoms with E-state index >= 15 is 0 Å². The van der Waals surface area contributed by atoms with E-state index in [4.69, 9.17) is 9.47 Å². The number of benzene rings is 4. The molecule has 1 saturated heterocycles. The van der Waals surface area contributed by atoms with E-state index in [0.717, 1.165) is 5.56 Å². The van der Waals surface area contributed by atoms with Crippen LogP contribution in [0, 0.1) is 18.2 Å². The number of hydrogen-bond donors (Lipinski definition) is 0. The predicted octanol–water partition coefficient (Wildman–Crippen LogP) is 6.47. The van der Waals surface area contributed by atoms with E-state index in [1.165, 1.54) is 26.4 Å². The molecule has 2 aliphatic heterocycles. The molecule has 0 amide bonds. The van der Waals surface area contributed by atoms with Crippen molar-refractivity contribution in [3.63, 3.8) is 0 Å². The van der Waals surface area contributed by atoms with Crippen molar-refractivity contribution < 1.29 is 28.2 Å². The van der Waals surface area contributed by atoms with Crippen LogP contribution >= 0.6 is 0 Å². The van der Waals surface area contributed by atoms with Gasteiger partial charge in [-0.25, -0.2) is 4.39 Å². The molecule has 0 unspecified atom stereocenters. The zero-order valence-corrected chi connectivity index (χ0v) is 23.8. The van der Waals surface area contributed by atoms with Gasteiger partial charge < -0.3 is 14.4 Å². The molecule has 7 rings (SSSR count). The fourth-order valence-corrected chi connectivity index (χ4v) is 7.34. The standard InChI is InChI=1S/C36H28FNO5/c1-20-11-13-21(14-12-20)32(39)31-30(26-9-6-10-28(42-2)33(26)43-3)36(34(40)24-7-4-5-8-25(24)35(36)41)29-18-15-22-19-23(37)16-17-27(22)38(29)31/h4-19,29-31H,1-3H3/t29-,30-,31-/m1/s1. The van der Waals surface area contributed by atoms with Crippen LogP contribution in [0.1, 0.15) is 53.7 Å². The molecule has 4 aromatic rings. The number of ketones is 3. The van der Waals surface area contributed by atoms with Crippen molar-refractivity contribution in [2.24, 2.45) is 5.41 Å². The Kier molecular flexibility index (Phi) is 6.09. The molecule has 2 heterocycles. The lowest BCUT2D eigenvalue weighted by atomic mass is 9.64. The van der Waals surface area contributed by atoms with E-state index in [9.17, 15) is 18.8 Å². The highest BCUT2D eigenvalue weighted by Gasteiger charge is 2.72. The highest BCUT2D eigenvalue weighted by molar-refractivity contribution is 6.32. The Morgan fingerprint density at radius 3 is 2.21 bits per heavy atom. The second kappa shape index (κ2) is 9.76. The summed E-state index contributed by atoms with van der Waals surface area (Å²) in [5.41, 5.74) is 1.99. The number of aryl methyl sites for hydroxylation is 1. The summed E-state index contributed by atoms with van der Waals surface area (Å²) in [5, 5.41) is 0. The Balaban J connectivity index is 1.58. The van der Waals surface area contributed by atoms with Gasteiger partial charge >= 0.3 is 0 Å². The molecule has 214 valence electrons. The Bertz CT molecular complexity index is 1830. The summed E-state index contributed by atoms with van der Waals surface area (Å²) >= 11 is 0. The van der Waals surface area contributed by atoms with Gasteiger partial charge in [0.15, 0.2) is 28.8 Å². The molecular weight excluding hydrogens is 545 g/mol. The molecule has 0 radical (unpaired) electrons. The summed E-state index contributed by atoms with van der Waals surface area (Å²) in [6.07, 6.45) is 3.51. The van der Waals surface area contributed by atoms with Gasteiger partial charge in [-0.05, 0) is 31.2 Å². The van der Waals surface area contributed by atoms with Crippen LogP contribution in [0.4, 0.5) is 10.1 Å². The van der Waals surface area contributed by atoms with Crippen LogP contribution in [0.25, 0.3) is 6.08 Å². The number of halogens is 1. The first-order valence-electron chi connectivity index (χ1n) is 14.1. The van der Waals surface area contributed by atoms with Crippen LogP contribution in [0.2, 0.25) is 0 Å². The topological polar surface area (TPSA) is 72.9 Å². The lowest BCUT2D eigenvalue weighted by Crippen LogP contribution is -2.48. The van der Waals surface area contributed by atoms with Crippen LogP contribution in [-0.2, 0) is 0 Å².